The van der Waals surface area contributed by atoms with Crippen LogP contribution in [0.15, 0.2) is 22.7 Å². The molecule has 4 N–H and O–H groups in total. The Bertz CT molecular complexity index is 844. The number of carbonyl (C=O) groups excluding carboxylic acids is 4. The van der Waals surface area contributed by atoms with Crippen molar-refractivity contribution in [2.24, 2.45) is 17.6 Å². The smallest absolute Gasteiger partial charge is 0.407 e. The highest BCUT2D eigenvalue weighted by Crippen LogP contribution is 2.27. The third kappa shape index (κ3) is 5.50. The van der Waals surface area contributed by atoms with Crippen LogP contribution in [0.5, 0.6) is 0 Å². The molecule has 1 aliphatic heterocycles. The lowest BCUT2D eigenvalue weighted by Gasteiger charge is -2.30. The lowest BCUT2D eigenvalue weighted by Crippen LogP contribution is -2.54. The zero-order chi connectivity index (χ0) is 22.6. The number of nitrogens with zero attached hydrogens (tertiary/aromatic N) is 1. The lowest BCUT2D eigenvalue weighted by atomic mass is 10.0. The predicted molar refractivity (Wildman–Crippen MR) is 115 cm³/mol. The average molecular weight is 483 g/mol. The van der Waals surface area contributed by atoms with E-state index in [1.807, 2.05) is 6.92 Å². The van der Waals surface area contributed by atoms with Crippen LogP contribution in [0.4, 0.5) is 10.5 Å². The number of primary amides is 1. The van der Waals surface area contributed by atoms with E-state index in [2.05, 4.69) is 31.3 Å². The largest absolute Gasteiger partial charge is 0.453 e. The SMILES string of the molecule is COC(=O)N[C@H](C(=O)N1C[C@@H](C)C[C@H]1C(=O)Nc1ccc(Br)cc1C(N)=O)C(C)C. The summed E-state index contributed by atoms with van der Waals surface area (Å²) in [7, 11) is 1.22. The summed E-state index contributed by atoms with van der Waals surface area (Å²) in [6, 6.07) is 3.21. The molecule has 0 aliphatic carbocycles. The van der Waals surface area contributed by atoms with Gasteiger partial charge in [-0.15, -0.1) is 0 Å². The molecule has 0 unspecified atom stereocenters. The first-order valence-corrected chi connectivity index (χ1v) is 10.4. The Balaban J connectivity index is 2.25. The lowest BCUT2D eigenvalue weighted by molar-refractivity contribution is -0.139. The van der Waals surface area contributed by atoms with Gasteiger partial charge < -0.3 is 26.0 Å². The summed E-state index contributed by atoms with van der Waals surface area (Å²) < 4.78 is 5.26. The van der Waals surface area contributed by atoms with E-state index in [4.69, 9.17) is 5.73 Å². The number of methoxy groups -OCH3 is 1. The molecule has 0 radical (unpaired) electrons. The maximum atomic E-state index is 13.2. The normalized spacial score (nSPS) is 19.3. The molecule has 1 aliphatic rings. The number of carbonyl (C=O) groups is 4. The topological polar surface area (TPSA) is 131 Å². The molecule has 0 bridgehead atoms. The van der Waals surface area contributed by atoms with Gasteiger partial charge >= 0.3 is 6.09 Å². The monoisotopic (exact) mass is 482 g/mol. The van der Waals surface area contributed by atoms with Gasteiger partial charge in [-0.25, -0.2) is 4.79 Å². The summed E-state index contributed by atoms with van der Waals surface area (Å²) in [5, 5.41) is 5.27. The van der Waals surface area contributed by atoms with E-state index in [1.165, 1.54) is 18.1 Å². The standard InChI is InChI=1S/C20H27BrN4O5/c1-10(2)16(24-20(29)30-4)19(28)25-9-11(3)7-15(25)18(27)23-14-6-5-12(21)8-13(14)17(22)26/h5-6,8,10-11,15-16H,7,9H2,1-4H3,(H2,22,26)(H,23,27)(H,24,29)/t11-,15-,16-/m0/s1. The van der Waals surface area contributed by atoms with E-state index < -0.39 is 30.0 Å². The molecule has 0 saturated carbocycles. The molecule has 1 aromatic rings. The molecular formula is C20H27BrN4O5. The van der Waals surface area contributed by atoms with Crippen molar-refractivity contribution in [2.45, 2.75) is 39.3 Å². The highest BCUT2D eigenvalue weighted by molar-refractivity contribution is 9.10. The van der Waals surface area contributed by atoms with Gasteiger partial charge in [-0.2, -0.15) is 0 Å². The van der Waals surface area contributed by atoms with E-state index in [1.54, 1.807) is 26.0 Å². The van der Waals surface area contributed by atoms with Crippen LogP contribution in [0.2, 0.25) is 0 Å². The number of amides is 4. The fourth-order valence-corrected chi connectivity index (χ4v) is 3.82. The molecule has 0 spiro atoms. The summed E-state index contributed by atoms with van der Waals surface area (Å²) in [4.78, 5) is 51.1. The van der Waals surface area contributed by atoms with Crippen LogP contribution in [0.3, 0.4) is 0 Å². The molecule has 30 heavy (non-hydrogen) atoms. The average Bonchev–Trinajstić information content (AvgIpc) is 3.08. The van der Waals surface area contributed by atoms with Crippen molar-refractivity contribution in [2.75, 3.05) is 19.0 Å². The minimum atomic E-state index is -0.827. The minimum Gasteiger partial charge on any atom is -0.453 e. The van der Waals surface area contributed by atoms with Crippen LogP contribution >= 0.6 is 15.9 Å². The van der Waals surface area contributed by atoms with Gasteiger partial charge in [0.1, 0.15) is 12.1 Å². The van der Waals surface area contributed by atoms with Crippen molar-refractivity contribution in [1.82, 2.24) is 10.2 Å². The minimum absolute atomic E-state index is 0.0937. The number of ether oxygens (including phenoxy) is 1. The predicted octanol–water partition coefficient (Wildman–Crippen LogP) is 2.10. The summed E-state index contributed by atoms with van der Waals surface area (Å²) in [5.41, 5.74) is 5.85. The van der Waals surface area contributed by atoms with Gasteiger partial charge in [-0.3, -0.25) is 14.4 Å². The highest BCUT2D eigenvalue weighted by Gasteiger charge is 2.41. The Morgan fingerprint density at radius 3 is 2.50 bits per heavy atom. The fraction of sp³-hybridized carbons (Fsp3) is 0.500. The van der Waals surface area contributed by atoms with Crippen molar-refractivity contribution in [3.63, 3.8) is 0 Å². The number of anilines is 1. The molecule has 9 nitrogen and oxygen atoms in total. The fourth-order valence-electron chi connectivity index (χ4n) is 3.46. The second-order valence-electron chi connectivity index (χ2n) is 7.75. The summed E-state index contributed by atoms with van der Waals surface area (Å²) >= 11 is 3.27. The molecule has 1 saturated heterocycles. The molecule has 10 heteroatoms. The zero-order valence-electron chi connectivity index (χ0n) is 17.4. The summed E-state index contributed by atoms with van der Waals surface area (Å²) in [5.74, 6) is -1.56. The quantitative estimate of drug-likeness (QED) is 0.571. The van der Waals surface area contributed by atoms with Gasteiger partial charge in [0.2, 0.25) is 11.8 Å². The van der Waals surface area contributed by atoms with Crippen molar-refractivity contribution in [3.8, 4) is 0 Å². The van der Waals surface area contributed by atoms with E-state index in [9.17, 15) is 19.2 Å². The first-order chi connectivity index (χ1) is 14.0. The van der Waals surface area contributed by atoms with Gasteiger partial charge in [-0.05, 0) is 36.5 Å². The van der Waals surface area contributed by atoms with E-state index in [0.717, 1.165) is 0 Å². The number of hydrogen-bond donors (Lipinski definition) is 3. The van der Waals surface area contributed by atoms with Crippen LogP contribution in [0.1, 0.15) is 37.6 Å². The zero-order valence-corrected chi connectivity index (χ0v) is 19.0. The van der Waals surface area contributed by atoms with Gasteiger partial charge in [-0.1, -0.05) is 36.7 Å². The van der Waals surface area contributed by atoms with E-state index in [0.29, 0.717) is 17.4 Å². The maximum absolute atomic E-state index is 13.2. The molecule has 164 valence electrons. The van der Waals surface area contributed by atoms with Crippen LogP contribution in [0.25, 0.3) is 0 Å². The second-order valence-corrected chi connectivity index (χ2v) is 8.66. The number of rotatable bonds is 6. The second kappa shape index (κ2) is 9.92. The summed E-state index contributed by atoms with van der Waals surface area (Å²) in [6.07, 6.45) is -0.250. The first-order valence-electron chi connectivity index (χ1n) is 9.60. The Kier molecular flexibility index (Phi) is 7.83. The Hall–Kier alpha value is -2.62. The van der Waals surface area contributed by atoms with Crippen LogP contribution in [-0.4, -0.2) is 54.5 Å². The molecule has 1 aromatic carbocycles. The van der Waals surface area contributed by atoms with Crippen LogP contribution in [-0.2, 0) is 14.3 Å². The number of nitrogens with two attached hydrogens (primary N) is 1. The number of alkyl carbamates (subject to hydrolysis) is 1. The van der Waals surface area contributed by atoms with Crippen molar-refractivity contribution < 1.29 is 23.9 Å². The molecule has 1 fully saturated rings. The number of hydrogen-bond acceptors (Lipinski definition) is 5. The molecule has 2 rings (SSSR count). The molecular weight excluding hydrogens is 456 g/mol. The third-order valence-corrected chi connectivity index (χ3v) is 5.49. The Morgan fingerprint density at radius 2 is 1.93 bits per heavy atom. The number of benzene rings is 1. The van der Waals surface area contributed by atoms with Crippen molar-refractivity contribution in [3.05, 3.63) is 28.2 Å². The van der Waals surface area contributed by atoms with Crippen molar-refractivity contribution in [1.29, 1.82) is 0 Å². The highest BCUT2D eigenvalue weighted by atomic mass is 79.9. The van der Waals surface area contributed by atoms with Gasteiger partial charge in [0.05, 0.1) is 18.4 Å². The molecule has 3 atom stereocenters. The molecule has 1 heterocycles. The first kappa shape index (κ1) is 23.7. The Morgan fingerprint density at radius 1 is 1.27 bits per heavy atom. The van der Waals surface area contributed by atoms with Crippen LogP contribution < -0.4 is 16.4 Å². The third-order valence-electron chi connectivity index (χ3n) is 4.99. The van der Waals surface area contributed by atoms with E-state index in [-0.39, 0.29) is 29.0 Å². The van der Waals surface area contributed by atoms with Crippen LogP contribution in [0, 0.1) is 11.8 Å². The van der Waals surface area contributed by atoms with Gasteiger partial charge in [0.15, 0.2) is 0 Å². The summed E-state index contributed by atoms with van der Waals surface area (Å²) in [6.45, 7) is 5.92. The number of halogens is 1. The number of nitrogens with one attached hydrogen (secondary N) is 2. The Labute approximate surface area is 183 Å². The van der Waals surface area contributed by atoms with Gasteiger partial charge in [0.25, 0.3) is 5.91 Å². The van der Waals surface area contributed by atoms with Crippen molar-refractivity contribution >= 4 is 45.4 Å². The van der Waals surface area contributed by atoms with E-state index >= 15 is 0 Å². The molecule has 0 aromatic heterocycles. The number of likely N-dealkylation sites (tertiary alicyclic amines) is 1. The van der Waals surface area contributed by atoms with Gasteiger partial charge in [0, 0.05) is 11.0 Å². The maximum Gasteiger partial charge on any atom is 0.407 e. The molecule has 4 amide bonds.